The molecule has 1 aliphatic rings. The van der Waals surface area contributed by atoms with Gasteiger partial charge >= 0.3 is 0 Å². The van der Waals surface area contributed by atoms with E-state index in [0.717, 1.165) is 25.1 Å². The first-order valence-electron chi connectivity index (χ1n) is 8.26. The zero-order chi connectivity index (χ0) is 16.5. The van der Waals surface area contributed by atoms with Crippen LogP contribution >= 0.6 is 0 Å². The van der Waals surface area contributed by atoms with Gasteiger partial charge in [-0.05, 0) is 37.1 Å². The number of rotatable bonds is 6. The molecule has 0 aromatic heterocycles. The maximum atomic E-state index is 12.1. The van der Waals surface area contributed by atoms with Gasteiger partial charge in [-0.1, -0.05) is 25.0 Å². The Morgan fingerprint density at radius 2 is 2.13 bits per heavy atom. The highest BCUT2D eigenvalue weighted by Crippen LogP contribution is 2.30. The topological polar surface area (TPSA) is 65.4 Å². The molecule has 1 saturated heterocycles. The second-order valence-electron chi connectivity index (χ2n) is 5.87. The molecule has 1 aliphatic heterocycles. The zero-order valence-electron chi connectivity index (χ0n) is 13.8. The summed E-state index contributed by atoms with van der Waals surface area (Å²) in [5, 5.41) is 11.4. The van der Waals surface area contributed by atoms with Crippen LogP contribution in [0.1, 0.15) is 43.7 Å². The SMILES string of the molecule is COc1ccc(C2CCCCCN2CC(=O)NCCC#N)cc1. The highest BCUT2D eigenvalue weighted by Gasteiger charge is 2.24. The lowest BCUT2D eigenvalue weighted by atomic mass is 10.0. The van der Waals surface area contributed by atoms with Crippen LogP contribution in [0.2, 0.25) is 0 Å². The van der Waals surface area contributed by atoms with Crippen LogP contribution in [0.25, 0.3) is 0 Å². The fraction of sp³-hybridized carbons (Fsp3) is 0.556. The molecule has 0 aliphatic carbocycles. The van der Waals surface area contributed by atoms with E-state index < -0.39 is 0 Å². The molecule has 1 atom stereocenters. The normalized spacial score (nSPS) is 18.7. The predicted molar refractivity (Wildman–Crippen MR) is 89.0 cm³/mol. The van der Waals surface area contributed by atoms with Crippen molar-refractivity contribution in [2.45, 2.75) is 38.1 Å². The van der Waals surface area contributed by atoms with Crippen molar-refractivity contribution >= 4 is 5.91 Å². The quantitative estimate of drug-likeness (QED) is 0.820. The van der Waals surface area contributed by atoms with E-state index in [1.807, 2.05) is 18.2 Å². The molecular formula is C18H25N3O2. The molecule has 1 N–H and O–H groups in total. The first-order chi connectivity index (χ1) is 11.2. The van der Waals surface area contributed by atoms with Crippen LogP contribution in [0.4, 0.5) is 0 Å². The Morgan fingerprint density at radius 1 is 1.35 bits per heavy atom. The maximum Gasteiger partial charge on any atom is 0.234 e. The van der Waals surface area contributed by atoms with Crippen LogP contribution in [0.5, 0.6) is 5.75 Å². The second kappa shape index (κ2) is 9.16. The van der Waals surface area contributed by atoms with Crippen LogP contribution in [0, 0.1) is 11.3 Å². The summed E-state index contributed by atoms with van der Waals surface area (Å²) in [4.78, 5) is 14.4. The highest BCUT2D eigenvalue weighted by molar-refractivity contribution is 5.78. The zero-order valence-corrected chi connectivity index (χ0v) is 13.8. The van der Waals surface area contributed by atoms with E-state index in [4.69, 9.17) is 10.00 Å². The van der Waals surface area contributed by atoms with Crippen LogP contribution in [0.15, 0.2) is 24.3 Å². The Hall–Kier alpha value is -2.06. The van der Waals surface area contributed by atoms with Gasteiger partial charge in [-0.3, -0.25) is 9.69 Å². The minimum atomic E-state index is 0.000613. The number of nitrogens with one attached hydrogen (secondary N) is 1. The van der Waals surface area contributed by atoms with Crippen LogP contribution in [-0.4, -0.2) is 37.6 Å². The monoisotopic (exact) mass is 315 g/mol. The molecule has 1 unspecified atom stereocenters. The molecule has 1 aromatic carbocycles. The van der Waals surface area contributed by atoms with Crippen molar-refractivity contribution in [2.24, 2.45) is 0 Å². The average Bonchev–Trinajstić information content (AvgIpc) is 2.80. The van der Waals surface area contributed by atoms with Gasteiger partial charge in [-0.15, -0.1) is 0 Å². The fourth-order valence-electron chi connectivity index (χ4n) is 3.06. The lowest BCUT2D eigenvalue weighted by Gasteiger charge is -2.29. The number of hydrogen-bond donors (Lipinski definition) is 1. The van der Waals surface area contributed by atoms with Crippen molar-refractivity contribution in [3.8, 4) is 11.8 Å². The number of nitrogens with zero attached hydrogens (tertiary/aromatic N) is 2. The Morgan fingerprint density at radius 3 is 2.83 bits per heavy atom. The summed E-state index contributed by atoms with van der Waals surface area (Å²) in [5.74, 6) is 0.851. The van der Waals surface area contributed by atoms with Crippen LogP contribution in [-0.2, 0) is 4.79 Å². The summed E-state index contributed by atoms with van der Waals surface area (Å²) in [7, 11) is 1.67. The van der Waals surface area contributed by atoms with Gasteiger partial charge in [-0.2, -0.15) is 5.26 Å². The van der Waals surface area contributed by atoms with Gasteiger partial charge in [0.15, 0.2) is 0 Å². The van der Waals surface area contributed by atoms with Crippen LogP contribution < -0.4 is 10.1 Å². The number of carbonyl (C=O) groups is 1. The fourth-order valence-corrected chi connectivity index (χ4v) is 3.06. The van der Waals surface area contributed by atoms with E-state index in [1.54, 1.807) is 7.11 Å². The van der Waals surface area contributed by atoms with E-state index >= 15 is 0 Å². The number of methoxy groups -OCH3 is 1. The third-order valence-corrected chi connectivity index (χ3v) is 4.27. The summed E-state index contributed by atoms with van der Waals surface area (Å²) in [6.07, 6.45) is 4.94. The Kier molecular flexibility index (Phi) is 6.89. The molecule has 0 radical (unpaired) electrons. The van der Waals surface area contributed by atoms with Gasteiger partial charge in [0.05, 0.1) is 26.1 Å². The van der Waals surface area contributed by atoms with Crippen molar-refractivity contribution in [3.05, 3.63) is 29.8 Å². The van der Waals surface area contributed by atoms with Gasteiger partial charge in [0.2, 0.25) is 5.91 Å². The van der Waals surface area contributed by atoms with Crippen molar-refractivity contribution in [3.63, 3.8) is 0 Å². The Bertz CT molecular complexity index is 536. The van der Waals surface area contributed by atoms with Gasteiger partial charge in [0.1, 0.15) is 5.75 Å². The molecule has 2 rings (SSSR count). The molecule has 1 aromatic rings. The van der Waals surface area contributed by atoms with E-state index in [9.17, 15) is 4.79 Å². The second-order valence-corrected chi connectivity index (χ2v) is 5.87. The number of ether oxygens (including phenoxy) is 1. The number of carbonyl (C=O) groups excluding carboxylic acids is 1. The van der Waals surface area contributed by atoms with Gasteiger partial charge in [-0.25, -0.2) is 0 Å². The van der Waals surface area contributed by atoms with Gasteiger partial charge in [0, 0.05) is 12.6 Å². The predicted octanol–water partition coefficient (Wildman–Crippen LogP) is 2.64. The summed E-state index contributed by atoms with van der Waals surface area (Å²) in [6, 6.07) is 10.5. The lowest BCUT2D eigenvalue weighted by molar-refractivity contribution is -0.122. The number of nitriles is 1. The molecule has 1 amide bonds. The molecule has 0 saturated carbocycles. The highest BCUT2D eigenvalue weighted by atomic mass is 16.5. The number of amides is 1. The minimum absolute atomic E-state index is 0.000613. The van der Waals surface area contributed by atoms with Crippen LogP contribution in [0.3, 0.4) is 0 Å². The van der Waals surface area contributed by atoms with Gasteiger partial charge < -0.3 is 10.1 Å². The summed E-state index contributed by atoms with van der Waals surface area (Å²) in [6.45, 7) is 1.75. The molecule has 1 heterocycles. The number of hydrogen-bond acceptors (Lipinski definition) is 4. The molecule has 124 valence electrons. The number of likely N-dealkylation sites (tertiary alicyclic amines) is 1. The smallest absolute Gasteiger partial charge is 0.234 e. The first kappa shape index (κ1) is 17.3. The van der Waals surface area contributed by atoms with Crippen molar-refractivity contribution in [2.75, 3.05) is 26.7 Å². The molecule has 0 bridgehead atoms. The Balaban J connectivity index is 2.03. The first-order valence-corrected chi connectivity index (χ1v) is 8.26. The van der Waals surface area contributed by atoms with Crippen molar-refractivity contribution < 1.29 is 9.53 Å². The van der Waals surface area contributed by atoms with E-state index in [-0.39, 0.29) is 11.9 Å². The lowest BCUT2D eigenvalue weighted by Crippen LogP contribution is -2.39. The van der Waals surface area contributed by atoms with Gasteiger partial charge in [0.25, 0.3) is 0 Å². The van der Waals surface area contributed by atoms with Crippen molar-refractivity contribution in [1.82, 2.24) is 10.2 Å². The Labute approximate surface area is 138 Å². The summed E-state index contributed by atoms with van der Waals surface area (Å²) >= 11 is 0. The summed E-state index contributed by atoms with van der Waals surface area (Å²) < 4.78 is 5.22. The third kappa shape index (κ3) is 5.26. The molecule has 5 nitrogen and oxygen atoms in total. The molecular weight excluding hydrogens is 290 g/mol. The average molecular weight is 315 g/mol. The standard InChI is InChI=1S/C18H25N3O2/c1-23-16-9-7-15(8-10-16)17-6-3-2-4-13-21(17)14-18(22)20-12-5-11-19/h7-10,17H,2-6,12-14H2,1H3,(H,20,22). The third-order valence-electron chi connectivity index (χ3n) is 4.27. The molecule has 1 fully saturated rings. The molecule has 23 heavy (non-hydrogen) atoms. The molecule has 0 spiro atoms. The van der Waals surface area contributed by atoms with E-state index in [1.165, 1.54) is 18.4 Å². The molecule has 5 heteroatoms. The summed E-state index contributed by atoms with van der Waals surface area (Å²) in [5.41, 5.74) is 1.23. The van der Waals surface area contributed by atoms with Crippen molar-refractivity contribution in [1.29, 1.82) is 5.26 Å². The largest absolute Gasteiger partial charge is 0.497 e. The maximum absolute atomic E-state index is 12.1. The number of benzene rings is 1. The van der Waals surface area contributed by atoms with E-state index in [2.05, 4.69) is 22.3 Å². The minimum Gasteiger partial charge on any atom is -0.497 e. The van der Waals surface area contributed by atoms with E-state index in [0.29, 0.717) is 19.5 Å².